The standard InChI is InChI=1S/C13H18N4OS2/c1-8-11(13(14-2)20-17-8)12-15-10(16-18-12)7-19-9-5-3-4-6-9/h9,14H,3-7H2,1-2H3. The van der Waals surface area contributed by atoms with Crippen LogP contribution in [0.3, 0.4) is 0 Å². The van der Waals surface area contributed by atoms with E-state index in [9.17, 15) is 0 Å². The van der Waals surface area contributed by atoms with E-state index in [-0.39, 0.29) is 0 Å². The highest BCUT2D eigenvalue weighted by Gasteiger charge is 2.20. The van der Waals surface area contributed by atoms with Crippen molar-refractivity contribution in [1.29, 1.82) is 0 Å². The molecular weight excluding hydrogens is 292 g/mol. The molecule has 0 unspecified atom stereocenters. The van der Waals surface area contributed by atoms with Crippen molar-refractivity contribution in [3.63, 3.8) is 0 Å². The molecule has 1 fully saturated rings. The Hall–Kier alpha value is -1.08. The van der Waals surface area contributed by atoms with Gasteiger partial charge in [-0.15, -0.1) is 0 Å². The molecule has 0 radical (unpaired) electrons. The quantitative estimate of drug-likeness (QED) is 0.908. The molecule has 2 aromatic heterocycles. The van der Waals surface area contributed by atoms with Gasteiger partial charge in [0.2, 0.25) is 0 Å². The number of hydrogen-bond donors (Lipinski definition) is 1. The molecule has 1 saturated carbocycles. The summed E-state index contributed by atoms with van der Waals surface area (Å²) in [7, 11) is 1.88. The van der Waals surface area contributed by atoms with Crippen LogP contribution in [0.2, 0.25) is 0 Å². The van der Waals surface area contributed by atoms with E-state index in [1.807, 2.05) is 25.7 Å². The van der Waals surface area contributed by atoms with Gasteiger partial charge < -0.3 is 9.84 Å². The monoisotopic (exact) mass is 310 g/mol. The summed E-state index contributed by atoms with van der Waals surface area (Å²) >= 11 is 3.37. The molecule has 1 aliphatic carbocycles. The Kier molecular flexibility index (Phi) is 4.26. The van der Waals surface area contributed by atoms with Gasteiger partial charge in [0, 0.05) is 12.3 Å². The lowest BCUT2D eigenvalue weighted by Crippen LogP contribution is -1.96. The molecule has 3 rings (SSSR count). The second-order valence-corrected chi connectivity index (χ2v) is 7.02. The van der Waals surface area contributed by atoms with Crippen molar-refractivity contribution in [3.05, 3.63) is 11.5 Å². The van der Waals surface area contributed by atoms with E-state index in [1.54, 1.807) is 0 Å². The molecule has 0 aromatic carbocycles. The van der Waals surface area contributed by atoms with Crippen molar-refractivity contribution in [2.24, 2.45) is 0 Å². The molecule has 2 heterocycles. The Bertz CT molecular complexity index is 575. The Morgan fingerprint density at radius 3 is 2.95 bits per heavy atom. The van der Waals surface area contributed by atoms with Gasteiger partial charge in [-0.3, -0.25) is 0 Å². The third-order valence-corrected chi connectivity index (χ3v) is 5.85. The third-order valence-electron chi connectivity index (χ3n) is 3.52. The van der Waals surface area contributed by atoms with Crippen LogP contribution in [-0.2, 0) is 5.75 Å². The fourth-order valence-corrected chi connectivity index (χ4v) is 4.36. The summed E-state index contributed by atoms with van der Waals surface area (Å²) in [5.74, 6) is 2.19. The largest absolute Gasteiger partial charge is 0.378 e. The van der Waals surface area contributed by atoms with Crippen molar-refractivity contribution in [2.75, 3.05) is 12.4 Å². The summed E-state index contributed by atoms with van der Waals surface area (Å²) in [6, 6.07) is 0. The first-order valence-corrected chi connectivity index (χ1v) is 8.68. The molecular formula is C13H18N4OS2. The lowest BCUT2D eigenvalue weighted by atomic mass is 10.2. The van der Waals surface area contributed by atoms with Crippen molar-refractivity contribution in [1.82, 2.24) is 14.5 Å². The number of thioether (sulfide) groups is 1. The zero-order chi connectivity index (χ0) is 13.9. The molecule has 0 bridgehead atoms. The van der Waals surface area contributed by atoms with Crippen LogP contribution in [0.15, 0.2) is 4.52 Å². The Labute approximate surface area is 126 Å². The Balaban J connectivity index is 1.71. The number of rotatable bonds is 5. The molecule has 1 aliphatic rings. The lowest BCUT2D eigenvalue weighted by Gasteiger charge is -2.04. The maximum absolute atomic E-state index is 5.40. The highest BCUT2D eigenvalue weighted by Crippen LogP contribution is 2.34. The van der Waals surface area contributed by atoms with E-state index in [0.29, 0.717) is 5.89 Å². The molecule has 5 nitrogen and oxygen atoms in total. The topological polar surface area (TPSA) is 63.8 Å². The molecule has 7 heteroatoms. The average molecular weight is 310 g/mol. The van der Waals surface area contributed by atoms with E-state index in [1.165, 1.54) is 37.2 Å². The van der Waals surface area contributed by atoms with Crippen LogP contribution in [0, 0.1) is 6.92 Å². The summed E-state index contributed by atoms with van der Waals surface area (Å²) in [6.45, 7) is 1.96. The number of nitrogens with zero attached hydrogens (tertiary/aromatic N) is 3. The maximum Gasteiger partial charge on any atom is 0.262 e. The molecule has 0 saturated heterocycles. The smallest absolute Gasteiger partial charge is 0.262 e. The number of aromatic nitrogens is 3. The minimum absolute atomic E-state index is 0.572. The normalized spacial score (nSPS) is 15.9. The molecule has 2 aromatic rings. The fourth-order valence-electron chi connectivity index (χ4n) is 2.45. The van der Waals surface area contributed by atoms with Gasteiger partial charge in [0.05, 0.1) is 17.0 Å². The first-order chi connectivity index (χ1) is 9.78. The number of anilines is 1. The summed E-state index contributed by atoms with van der Waals surface area (Å²) in [6.07, 6.45) is 5.38. The van der Waals surface area contributed by atoms with Gasteiger partial charge in [0.1, 0.15) is 5.00 Å². The lowest BCUT2D eigenvalue weighted by molar-refractivity contribution is 0.425. The number of nitrogens with one attached hydrogen (secondary N) is 1. The van der Waals surface area contributed by atoms with Crippen LogP contribution in [0.4, 0.5) is 5.00 Å². The predicted molar refractivity (Wildman–Crippen MR) is 83.2 cm³/mol. The highest BCUT2D eigenvalue weighted by atomic mass is 32.2. The number of hydrogen-bond acceptors (Lipinski definition) is 7. The molecule has 0 amide bonds. The van der Waals surface area contributed by atoms with Gasteiger partial charge in [-0.05, 0) is 31.3 Å². The summed E-state index contributed by atoms with van der Waals surface area (Å²) in [5, 5.41) is 8.96. The van der Waals surface area contributed by atoms with Crippen molar-refractivity contribution in [3.8, 4) is 11.5 Å². The average Bonchev–Trinajstić information content (AvgIpc) is 3.16. The molecule has 0 aliphatic heterocycles. The Morgan fingerprint density at radius 1 is 1.40 bits per heavy atom. The van der Waals surface area contributed by atoms with Gasteiger partial charge in [-0.2, -0.15) is 21.1 Å². The first-order valence-electron chi connectivity index (χ1n) is 6.86. The van der Waals surface area contributed by atoms with Crippen molar-refractivity contribution >= 4 is 28.3 Å². The molecule has 1 N–H and O–H groups in total. The summed E-state index contributed by atoms with van der Waals surface area (Å²) in [4.78, 5) is 4.51. The van der Waals surface area contributed by atoms with Gasteiger partial charge in [-0.25, -0.2) is 0 Å². The molecule has 0 spiro atoms. The van der Waals surface area contributed by atoms with Crippen LogP contribution in [0.5, 0.6) is 0 Å². The van der Waals surface area contributed by atoms with Crippen molar-refractivity contribution < 1.29 is 4.52 Å². The number of aryl methyl sites for hydroxylation is 1. The predicted octanol–water partition coefficient (Wildman–Crippen LogP) is 3.72. The zero-order valence-corrected chi connectivity index (χ0v) is 13.3. The molecule has 108 valence electrons. The van der Waals surface area contributed by atoms with E-state index in [4.69, 9.17) is 4.52 Å². The SMILES string of the molecule is CNc1snc(C)c1-c1nc(CSC2CCCC2)no1. The van der Waals surface area contributed by atoms with Crippen LogP contribution in [0.25, 0.3) is 11.5 Å². The second-order valence-electron chi connectivity index (χ2n) is 4.96. The van der Waals surface area contributed by atoms with Crippen LogP contribution >= 0.6 is 23.3 Å². The Morgan fingerprint density at radius 2 is 2.20 bits per heavy atom. The van der Waals surface area contributed by atoms with E-state index in [2.05, 4.69) is 19.8 Å². The molecule has 0 atom stereocenters. The van der Waals surface area contributed by atoms with Crippen molar-refractivity contribution in [2.45, 2.75) is 43.6 Å². The van der Waals surface area contributed by atoms with E-state index < -0.39 is 0 Å². The third kappa shape index (κ3) is 2.83. The van der Waals surface area contributed by atoms with Gasteiger partial charge in [-0.1, -0.05) is 18.0 Å². The second kappa shape index (κ2) is 6.13. The van der Waals surface area contributed by atoms with Gasteiger partial charge in [0.15, 0.2) is 5.82 Å². The highest BCUT2D eigenvalue weighted by molar-refractivity contribution is 7.99. The van der Waals surface area contributed by atoms with Crippen LogP contribution < -0.4 is 5.32 Å². The summed E-state index contributed by atoms with van der Waals surface area (Å²) in [5.41, 5.74) is 1.86. The minimum Gasteiger partial charge on any atom is -0.378 e. The van der Waals surface area contributed by atoms with Gasteiger partial charge in [0.25, 0.3) is 5.89 Å². The summed E-state index contributed by atoms with van der Waals surface area (Å²) < 4.78 is 9.73. The fraction of sp³-hybridized carbons (Fsp3) is 0.615. The van der Waals surface area contributed by atoms with Crippen LogP contribution in [-0.4, -0.2) is 26.8 Å². The van der Waals surface area contributed by atoms with Crippen LogP contribution in [0.1, 0.15) is 37.2 Å². The molecule has 20 heavy (non-hydrogen) atoms. The maximum atomic E-state index is 5.40. The van der Waals surface area contributed by atoms with Gasteiger partial charge >= 0.3 is 0 Å². The first kappa shape index (κ1) is 13.9. The van der Waals surface area contributed by atoms with E-state index in [0.717, 1.165) is 33.1 Å². The van der Waals surface area contributed by atoms with E-state index >= 15 is 0 Å². The zero-order valence-electron chi connectivity index (χ0n) is 11.7. The minimum atomic E-state index is 0.572.